The van der Waals surface area contributed by atoms with E-state index in [1.54, 1.807) is 0 Å². The Labute approximate surface area is 157 Å². The van der Waals surface area contributed by atoms with Gasteiger partial charge in [0.1, 0.15) is 5.75 Å². The molecule has 0 fully saturated rings. The normalized spacial score (nSPS) is 10.3. The van der Waals surface area contributed by atoms with Gasteiger partial charge in [0.2, 0.25) is 0 Å². The van der Waals surface area contributed by atoms with Crippen LogP contribution in [0.1, 0.15) is 24.5 Å². The topological polar surface area (TPSA) is 33.3 Å². The second-order valence-corrected chi connectivity index (χ2v) is 6.79. The predicted molar refractivity (Wildman–Crippen MR) is 109 cm³/mol. The molecule has 0 aliphatic heterocycles. The summed E-state index contributed by atoms with van der Waals surface area (Å²) in [6.45, 7) is 5.59. The Kier molecular flexibility index (Phi) is 7.53. The number of aryl methyl sites for hydroxylation is 2. The Balaban J connectivity index is 1.69. The number of hydrogen-bond donors (Lipinski definition) is 2. The van der Waals surface area contributed by atoms with E-state index in [0.717, 1.165) is 35.3 Å². The van der Waals surface area contributed by atoms with Crippen molar-refractivity contribution in [1.82, 2.24) is 5.32 Å². The van der Waals surface area contributed by atoms with E-state index in [-0.39, 0.29) is 0 Å². The minimum Gasteiger partial charge on any atom is -0.494 e. The van der Waals surface area contributed by atoms with Crippen molar-refractivity contribution in [2.75, 3.05) is 18.5 Å². The van der Waals surface area contributed by atoms with Crippen molar-refractivity contribution in [1.29, 1.82) is 0 Å². The molecule has 0 spiro atoms. The van der Waals surface area contributed by atoms with Crippen LogP contribution in [-0.2, 0) is 6.42 Å². The van der Waals surface area contributed by atoms with E-state index in [1.807, 2.05) is 31.2 Å². The molecule has 0 aliphatic rings. The molecule has 0 aliphatic carbocycles. The van der Waals surface area contributed by atoms with Crippen LogP contribution >= 0.6 is 28.1 Å². The van der Waals surface area contributed by atoms with Gasteiger partial charge in [0.15, 0.2) is 5.11 Å². The lowest BCUT2D eigenvalue weighted by molar-refractivity contribution is 0.340. The van der Waals surface area contributed by atoms with Crippen molar-refractivity contribution in [2.24, 2.45) is 0 Å². The second-order valence-electron chi connectivity index (χ2n) is 5.53. The first-order valence-corrected chi connectivity index (χ1v) is 9.31. The van der Waals surface area contributed by atoms with Gasteiger partial charge in [-0.3, -0.25) is 0 Å². The van der Waals surface area contributed by atoms with Gasteiger partial charge in [-0.2, -0.15) is 0 Å². The van der Waals surface area contributed by atoms with Crippen molar-refractivity contribution in [3.05, 3.63) is 58.1 Å². The molecule has 0 radical (unpaired) electrons. The number of hydrogen-bond acceptors (Lipinski definition) is 2. The van der Waals surface area contributed by atoms with Gasteiger partial charge in [-0.1, -0.05) is 28.1 Å². The van der Waals surface area contributed by atoms with Gasteiger partial charge in [-0.25, -0.2) is 0 Å². The number of ether oxygens (including phenoxy) is 1. The summed E-state index contributed by atoms with van der Waals surface area (Å²) in [6.07, 6.45) is 2.04. The summed E-state index contributed by atoms with van der Waals surface area (Å²) in [6, 6.07) is 14.4. The smallest absolute Gasteiger partial charge is 0.170 e. The summed E-state index contributed by atoms with van der Waals surface area (Å²) in [4.78, 5) is 0. The molecule has 2 rings (SSSR count). The van der Waals surface area contributed by atoms with Gasteiger partial charge in [-0.05, 0) is 80.4 Å². The zero-order valence-electron chi connectivity index (χ0n) is 14.1. The lowest BCUT2D eigenvalue weighted by atomic mass is 10.1. The molecule has 0 saturated heterocycles. The van der Waals surface area contributed by atoms with Crippen LogP contribution in [-0.4, -0.2) is 18.3 Å². The van der Waals surface area contributed by atoms with E-state index in [0.29, 0.717) is 11.7 Å². The van der Waals surface area contributed by atoms with Crippen LogP contribution in [0, 0.1) is 6.92 Å². The van der Waals surface area contributed by atoms with E-state index < -0.39 is 0 Å². The maximum absolute atomic E-state index is 5.45. The first-order chi connectivity index (χ1) is 11.6. The molecule has 128 valence electrons. The molecular formula is C19H23BrN2OS. The minimum absolute atomic E-state index is 0.656. The summed E-state index contributed by atoms with van der Waals surface area (Å²) < 4.78 is 6.55. The van der Waals surface area contributed by atoms with Gasteiger partial charge >= 0.3 is 0 Å². The lowest BCUT2D eigenvalue weighted by Crippen LogP contribution is -2.29. The van der Waals surface area contributed by atoms with Gasteiger partial charge in [0, 0.05) is 16.7 Å². The first-order valence-electron chi connectivity index (χ1n) is 8.11. The molecule has 2 aromatic carbocycles. The SMILES string of the molecule is CCOc1ccc(CCCNC(=S)Nc2ccc(Br)c(C)c2)cc1. The summed E-state index contributed by atoms with van der Waals surface area (Å²) >= 11 is 8.84. The Hall–Kier alpha value is -1.59. The van der Waals surface area contributed by atoms with Gasteiger partial charge in [0.25, 0.3) is 0 Å². The molecule has 0 aromatic heterocycles. The summed E-state index contributed by atoms with van der Waals surface area (Å²) in [5.74, 6) is 0.926. The fraction of sp³-hybridized carbons (Fsp3) is 0.316. The molecule has 2 aromatic rings. The van der Waals surface area contributed by atoms with E-state index in [2.05, 4.69) is 51.7 Å². The first kappa shape index (κ1) is 18.7. The minimum atomic E-state index is 0.656. The fourth-order valence-electron chi connectivity index (χ4n) is 2.31. The zero-order valence-corrected chi connectivity index (χ0v) is 16.5. The highest BCUT2D eigenvalue weighted by molar-refractivity contribution is 9.10. The van der Waals surface area contributed by atoms with Gasteiger partial charge in [0.05, 0.1) is 6.61 Å². The van der Waals surface area contributed by atoms with Crippen LogP contribution in [0.5, 0.6) is 5.75 Å². The van der Waals surface area contributed by atoms with E-state index in [4.69, 9.17) is 17.0 Å². The van der Waals surface area contributed by atoms with E-state index in [1.165, 1.54) is 11.1 Å². The number of anilines is 1. The number of thiocarbonyl (C=S) groups is 1. The fourth-order valence-corrected chi connectivity index (χ4v) is 2.78. The number of nitrogens with one attached hydrogen (secondary N) is 2. The highest BCUT2D eigenvalue weighted by atomic mass is 79.9. The molecule has 0 heterocycles. The van der Waals surface area contributed by atoms with Gasteiger partial charge < -0.3 is 15.4 Å². The van der Waals surface area contributed by atoms with Crippen LogP contribution in [0.2, 0.25) is 0 Å². The lowest BCUT2D eigenvalue weighted by Gasteiger charge is -2.11. The quantitative estimate of drug-likeness (QED) is 0.496. The van der Waals surface area contributed by atoms with E-state index in [9.17, 15) is 0 Å². The maximum atomic E-state index is 5.45. The Morgan fingerprint density at radius 2 is 1.92 bits per heavy atom. The molecule has 0 saturated carbocycles. The predicted octanol–water partition coefficient (Wildman–Crippen LogP) is 5.08. The molecule has 0 unspecified atom stereocenters. The monoisotopic (exact) mass is 406 g/mol. The molecule has 3 nitrogen and oxygen atoms in total. The van der Waals surface area contributed by atoms with Crippen molar-refractivity contribution in [2.45, 2.75) is 26.7 Å². The molecular weight excluding hydrogens is 384 g/mol. The Morgan fingerprint density at radius 1 is 1.17 bits per heavy atom. The van der Waals surface area contributed by atoms with Gasteiger partial charge in [-0.15, -0.1) is 0 Å². The molecule has 0 amide bonds. The van der Waals surface area contributed by atoms with E-state index >= 15 is 0 Å². The number of benzene rings is 2. The van der Waals surface area contributed by atoms with Crippen LogP contribution in [0.3, 0.4) is 0 Å². The Bertz CT molecular complexity index is 674. The molecule has 5 heteroatoms. The molecule has 24 heavy (non-hydrogen) atoms. The second kappa shape index (κ2) is 9.64. The van der Waals surface area contributed by atoms with Crippen molar-refractivity contribution in [3.63, 3.8) is 0 Å². The summed E-state index contributed by atoms with van der Waals surface area (Å²) in [7, 11) is 0. The number of rotatable bonds is 7. The van der Waals surface area contributed by atoms with Crippen molar-refractivity contribution >= 4 is 38.9 Å². The third-order valence-electron chi connectivity index (χ3n) is 3.58. The summed E-state index contributed by atoms with van der Waals surface area (Å²) in [5.41, 5.74) is 3.49. The standard InChI is InChI=1S/C19H23BrN2OS/c1-3-23-17-9-6-15(7-10-17)5-4-12-21-19(24)22-16-8-11-18(20)14(2)13-16/h6-11,13H,3-5,12H2,1-2H3,(H2,21,22,24). The highest BCUT2D eigenvalue weighted by Crippen LogP contribution is 2.19. The molecule has 0 atom stereocenters. The van der Waals surface area contributed by atoms with Crippen molar-refractivity contribution in [3.8, 4) is 5.75 Å². The Morgan fingerprint density at radius 3 is 2.58 bits per heavy atom. The molecule has 0 bridgehead atoms. The maximum Gasteiger partial charge on any atom is 0.170 e. The number of halogens is 1. The van der Waals surface area contributed by atoms with Crippen molar-refractivity contribution < 1.29 is 4.74 Å². The largest absolute Gasteiger partial charge is 0.494 e. The van der Waals surface area contributed by atoms with Crippen LogP contribution in [0.15, 0.2) is 46.9 Å². The average molecular weight is 407 g/mol. The third kappa shape index (κ3) is 6.13. The zero-order chi connectivity index (χ0) is 17.4. The van der Waals surface area contributed by atoms with Crippen LogP contribution in [0.4, 0.5) is 5.69 Å². The van der Waals surface area contributed by atoms with Crippen LogP contribution in [0.25, 0.3) is 0 Å². The van der Waals surface area contributed by atoms with Crippen LogP contribution < -0.4 is 15.4 Å². The highest BCUT2D eigenvalue weighted by Gasteiger charge is 2.01. The average Bonchev–Trinajstić information content (AvgIpc) is 2.57. The third-order valence-corrected chi connectivity index (χ3v) is 4.71. The molecule has 2 N–H and O–H groups in total. The summed E-state index contributed by atoms with van der Waals surface area (Å²) in [5, 5.41) is 7.12.